The summed E-state index contributed by atoms with van der Waals surface area (Å²) in [4.78, 5) is 21.8. The minimum atomic E-state index is -0.605. The zero-order valence-corrected chi connectivity index (χ0v) is 11.8. The first-order chi connectivity index (χ1) is 10.6. The van der Waals surface area contributed by atoms with Crippen LogP contribution in [0.15, 0.2) is 30.6 Å². The van der Waals surface area contributed by atoms with Gasteiger partial charge < -0.3 is 15.4 Å². The molecule has 1 aliphatic rings. The van der Waals surface area contributed by atoms with Crippen LogP contribution in [0.4, 0.5) is 10.3 Å². The molecule has 0 spiro atoms. The van der Waals surface area contributed by atoms with Crippen LogP contribution in [0.5, 0.6) is 0 Å². The molecule has 6 nitrogen and oxygen atoms in total. The molecule has 2 heterocycles. The summed E-state index contributed by atoms with van der Waals surface area (Å²) in [7, 11) is 0. The topological polar surface area (TPSA) is 81.3 Å². The molecule has 7 heteroatoms. The summed E-state index contributed by atoms with van der Waals surface area (Å²) in [6.07, 6.45) is 3.09. The van der Waals surface area contributed by atoms with Crippen molar-refractivity contribution in [2.75, 3.05) is 31.2 Å². The molecule has 2 N–H and O–H groups in total. The van der Waals surface area contributed by atoms with E-state index in [2.05, 4.69) is 9.97 Å². The first kappa shape index (κ1) is 14.4. The van der Waals surface area contributed by atoms with Crippen molar-refractivity contribution in [2.45, 2.75) is 0 Å². The van der Waals surface area contributed by atoms with Gasteiger partial charge in [-0.3, -0.25) is 4.79 Å². The number of rotatable bonds is 3. The first-order valence-corrected chi connectivity index (χ1v) is 6.89. The number of hydrogen-bond acceptors (Lipinski definition) is 5. The van der Waals surface area contributed by atoms with Gasteiger partial charge in [0, 0.05) is 42.2 Å². The fraction of sp³-hybridized carbons (Fsp3) is 0.267. The average molecular weight is 302 g/mol. The van der Waals surface area contributed by atoms with Crippen LogP contribution in [0, 0.1) is 5.82 Å². The van der Waals surface area contributed by atoms with Crippen LogP contribution in [-0.2, 0) is 4.74 Å². The molecule has 3 rings (SSSR count). The van der Waals surface area contributed by atoms with Crippen LogP contribution >= 0.6 is 0 Å². The SMILES string of the molecule is NC(=O)c1ccc(F)c(-c2cnc(N3CCOCC3)nc2)c1. The van der Waals surface area contributed by atoms with Gasteiger partial charge in [0.1, 0.15) is 5.82 Å². The van der Waals surface area contributed by atoms with Crippen LogP contribution < -0.4 is 10.6 Å². The zero-order valence-electron chi connectivity index (χ0n) is 11.8. The minimum Gasteiger partial charge on any atom is -0.378 e. The average Bonchev–Trinajstić information content (AvgIpc) is 2.56. The number of anilines is 1. The number of amides is 1. The highest BCUT2D eigenvalue weighted by Gasteiger charge is 2.15. The van der Waals surface area contributed by atoms with Crippen LogP contribution in [0.3, 0.4) is 0 Å². The number of halogens is 1. The van der Waals surface area contributed by atoms with Crippen LogP contribution in [-0.4, -0.2) is 42.2 Å². The molecule has 1 amide bonds. The molecule has 0 radical (unpaired) electrons. The van der Waals surface area contributed by atoms with Gasteiger partial charge in [-0.05, 0) is 18.2 Å². The molecule has 1 aliphatic heterocycles. The van der Waals surface area contributed by atoms with Crippen LogP contribution in [0.2, 0.25) is 0 Å². The molecule has 1 fully saturated rings. The van der Waals surface area contributed by atoms with E-state index in [1.54, 1.807) is 12.4 Å². The molecule has 0 saturated carbocycles. The number of hydrogen-bond donors (Lipinski definition) is 1. The normalized spacial score (nSPS) is 14.9. The van der Waals surface area contributed by atoms with Gasteiger partial charge in [0.25, 0.3) is 0 Å². The maximum absolute atomic E-state index is 13.9. The predicted octanol–water partition coefficient (Wildman–Crippen LogP) is 1.22. The third-order valence-electron chi connectivity index (χ3n) is 3.49. The second-order valence-corrected chi connectivity index (χ2v) is 4.93. The first-order valence-electron chi connectivity index (χ1n) is 6.89. The Labute approximate surface area is 126 Å². The van der Waals surface area contributed by atoms with Gasteiger partial charge in [0.05, 0.1) is 13.2 Å². The number of aromatic nitrogens is 2. The molecule has 0 atom stereocenters. The Balaban J connectivity index is 1.89. The van der Waals surface area contributed by atoms with Crippen molar-refractivity contribution in [3.63, 3.8) is 0 Å². The van der Waals surface area contributed by atoms with Gasteiger partial charge in [-0.2, -0.15) is 0 Å². The van der Waals surface area contributed by atoms with E-state index in [4.69, 9.17) is 10.5 Å². The molecule has 0 aliphatic carbocycles. The molecule has 114 valence electrons. The van der Waals surface area contributed by atoms with E-state index in [0.29, 0.717) is 24.7 Å². The van der Waals surface area contributed by atoms with Crippen molar-refractivity contribution >= 4 is 11.9 Å². The third kappa shape index (κ3) is 2.89. The third-order valence-corrected chi connectivity index (χ3v) is 3.49. The number of primary amides is 1. The number of carbonyl (C=O) groups is 1. The highest BCUT2D eigenvalue weighted by atomic mass is 19.1. The minimum absolute atomic E-state index is 0.244. The van der Waals surface area contributed by atoms with E-state index >= 15 is 0 Å². The summed E-state index contributed by atoms with van der Waals surface area (Å²) >= 11 is 0. The van der Waals surface area contributed by atoms with Gasteiger partial charge in [-0.15, -0.1) is 0 Å². The van der Waals surface area contributed by atoms with E-state index in [1.165, 1.54) is 18.2 Å². The molecule has 1 aromatic heterocycles. The Bertz CT molecular complexity index is 684. The Morgan fingerprint density at radius 2 is 1.91 bits per heavy atom. The van der Waals surface area contributed by atoms with E-state index in [9.17, 15) is 9.18 Å². The van der Waals surface area contributed by atoms with Gasteiger partial charge in [-0.25, -0.2) is 14.4 Å². The van der Waals surface area contributed by atoms with Gasteiger partial charge in [0.15, 0.2) is 0 Å². The lowest BCUT2D eigenvalue weighted by Gasteiger charge is -2.26. The lowest BCUT2D eigenvalue weighted by atomic mass is 10.0. The summed E-state index contributed by atoms with van der Waals surface area (Å²) < 4.78 is 19.2. The van der Waals surface area contributed by atoms with Crippen molar-refractivity contribution < 1.29 is 13.9 Å². The highest BCUT2D eigenvalue weighted by molar-refractivity contribution is 5.94. The maximum Gasteiger partial charge on any atom is 0.248 e. The molecule has 0 bridgehead atoms. The summed E-state index contributed by atoms with van der Waals surface area (Å²) in [6.45, 7) is 2.73. The smallest absolute Gasteiger partial charge is 0.248 e. The zero-order chi connectivity index (χ0) is 15.5. The van der Waals surface area contributed by atoms with Crippen molar-refractivity contribution in [1.29, 1.82) is 0 Å². The molecular weight excluding hydrogens is 287 g/mol. The molecular formula is C15H15FN4O2. The summed E-state index contributed by atoms with van der Waals surface area (Å²) in [6, 6.07) is 3.97. The van der Waals surface area contributed by atoms with E-state index < -0.39 is 11.7 Å². The second-order valence-electron chi connectivity index (χ2n) is 4.93. The molecule has 0 unspecified atom stereocenters. The number of nitrogens with zero attached hydrogens (tertiary/aromatic N) is 3. The summed E-state index contributed by atoms with van der Waals surface area (Å²) in [5.74, 6) is -0.474. The second kappa shape index (κ2) is 6.07. The lowest BCUT2D eigenvalue weighted by Crippen LogP contribution is -2.37. The molecule has 1 saturated heterocycles. The molecule has 1 aromatic carbocycles. The molecule has 2 aromatic rings. The predicted molar refractivity (Wildman–Crippen MR) is 79.0 cm³/mol. The fourth-order valence-electron chi connectivity index (χ4n) is 2.29. The summed E-state index contributed by atoms with van der Waals surface area (Å²) in [5.41, 5.74) is 6.22. The largest absolute Gasteiger partial charge is 0.378 e. The van der Waals surface area contributed by atoms with Gasteiger partial charge >= 0.3 is 0 Å². The van der Waals surface area contributed by atoms with E-state index in [1.807, 2.05) is 4.90 Å². The van der Waals surface area contributed by atoms with Gasteiger partial charge in [-0.1, -0.05) is 0 Å². The van der Waals surface area contributed by atoms with Crippen molar-refractivity contribution in [3.8, 4) is 11.1 Å². The Kier molecular flexibility index (Phi) is 3.97. The Morgan fingerprint density at radius 1 is 1.23 bits per heavy atom. The Morgan fingerprint density at radius 3 is 2.55 bits per heavy atom. The van der Waals surface area contributed by atoms with Gasteiger partial charge in [0.2, 0.25) is 11.9 Å². The highest BCUT2D eigenvalue weighted by Crippen LogP contribution is 2.24. The van der Waals surface area contributed by atoms with Crippen molar-refractivity contribution in [3.05, 3.63) is 42.0 Å². The number of benzene rings is 1. The number of ether oxygens (including phenoxy) is 1. The number of morpholine rings is 1. The van der Waals surface area contributed by atoms with Crippen molar-refractivity contribution in [1.82, 2.24) is 9.97 Å². The monoisotopic (exact) mass is 302 g/mol. The standard InChI is InChI=1S/C15H15FN4O2/c16-13-2-1-10(14(17)21)7-12(13)11-8-18-15(19-9-11)20-3-5-22-6-4-20/h1-2,7-9H,3-6H2,(H2,17,21). The lowest BCUT2D eigenvalue weighted by molar-refractivity contribution is 0.100. The molecule has 22 heavy (non-hydrogen) atoms. The van der Waals surface area contributed by atoms with Crippen molar-refractivity contribution in [2.24, 2.45) is 5.73 Å². The Hall–Kier alpha value is -2.54. The summed E-state index contributed by atoms with van der Waals surface area (Å²) in [5, 5.41) is 0. The number of nitrogens with two attached hydrogens (primary N) is 1. The van der Waals surface area contributed by atoms with E-state index in [-0.39, 0.29) is 11.1 Å². The quantitative estimate of drug-likeness (QED) is 0.922. The fourth-order valence-corrected chi connectivity index (χ4v) is 2.29. The maximum atomic E-state index is 13.9. The van der Waals surface area contributed by atoms with E-state index in [0.717, 1.165) is 13.1 Å². The number of carbonyl (C=O) groups excluding carboxylic acids is 1. The van der Waals surface area contributed by atoms with Crippen LogP contribution in [0.25, 0.3) is 11.1 Å². The van der Waals surface area contributed by atoms with Crippen LogP contribution in [0.1, 0.15) is 10.4 Å².